The third kappa shape index (κ3) is 18.5. The molecule has 0 aliphatic carbocycles. The second kappa shape index (κ2) is 36.9. The fraction of sp³-hybridized carbons (Fsp3) is 0.268. The van der Waals surface area contributed by atoms with Crippen LogP contribution in [0.4, 0.5) is 0 Å². The molecule has 4 heteroatoms. The fourth-order valence-corrected chi connectivity index (χ4v) is 8.80. The minimum Gasteiger partial charge on any atom is -0.307 e. The lowest BCUT2D eigenvalue weighted by molar-refractivity contribution is 0.245. The van der Waals surface area contributed by atoms with E-state index in [4.69, 9.17) is 0 Å². The van der Waals surface area contributed by atoms with E-state index >= 15 is 0 Å². The van der Waals surface area contributed by atoms with E-state index in [0.717, 1.165) is 13.3 Å². The summed E-state index contributed by atoms with van der Waals surface area (Å²) >= 11 is 0. The lowest BCUT2D eigenvalue weighted by Gasteiger charge is -2.17. The molecule has 0 aliphatic heterocycles. The van der Waals surface area contributed by atoms with Gasteiger partial charge in [0.25, 0.3) is 0 Å². The SMILES string of the molecule is CC.CC.CC.CC.CC.CN(C)CN(C)C.CNCN(C)C.c1ccc(-c2c3ccccc3c(-c3ccccc3)c3ccccc23)cc1.c1ccc(-c2c3ccccc3c(-c3ccccc3)c3ccccc23)cc1. The molecule has 75 heavy (non-hydrogen) atoms. The highest BCUT2D eigenvalue weighted by Gasteiger charge is 2.17. The van der Waals surface area contributed by atoms with Crippen LogP contribution in [0.25, 0.3) is 87.6 Å². The van der Waals surface area contributed by atoms with Crippen LogP contribution in [0.2, 0.25) is 0 Å². The second-order valence-corrected chi connectivity index (χ2v) is 17.0. The topological polar surface area (TPSA) is 21.8 Å². The molecule has 0 radical (unpaired) electrons. The molecule has 0 amide bonds. The highest BCUT2D eigenvalue weighted by Crippen LogP contribution is 2.45. The molecule has 1 N–H and O–H groups in total. The van der Waals surface area contributed by atoms with E-state index in [1.165, 1.54) is 87.6 Å². The van der Waals surface area contributed by atoms with E-state index in [9.17, 15) is 0 Å². The Bertz CT molecular complexity index is 2520. The first kappa shape index (κ1) is 64.2. The van der Waals surface area contributed by atoms with Crippen molar-refractivity contribution in [1.29, 1.82) is 0 Å². The monoisotopic (exact) mass is 1000 g/mol. The lowest BCUT2D eigenvalue weighted by Crippen LogP contribution is -2.26. The number of fused-ring (bicyclic) bond motifs is 4. The molecule has 10 rings (SSSR count). The van der Waals surface area contributed by atoms with E-state index in [1.54, 1.807) is 0 Å². The van der Waals surface area contributed by atoms with Crippen LogP contribution in [0.5, 0.6) is 0 Å². The lowest BCUT2D eigenvalue weighted by atomic mass is 9.86. The maximum atomic E-state index is 2.99. The van der Waals surface area contributed by atoms with Crippen LogP contribution in [-0.4, -0.2) is 77.4 Å². The van der Waals surface area contributed by atoms with Crippen molar-refractivity contribution in [1.82, 2.24) is 20.0 Å². The van der Waals surface area contributed by atoms with Crippen molar-refractivity contribution in [3.8, 4) is 44.5 Å². The van der Waals surface area contributed by atoms with Gasteiger partial charge < -0.3 is 5.32 Å². The van der Waals surface area contributed by atoms with E-state index < -0.39 is 0 Å². The first-order chi connectivity index (χ1) is 36.8. The summed E-state index contributed by atoms with van der Waals surface area (Å²) in [5, 5.41) is 13.4. The zero-order valence-corrected chi connectivity index (χ0v) is 49.0. The van der Waals surface area contributed by atoms with Gasteiger partial charge in [-0.3, -0.25) is 14.7 Å². The van der Waals surface area contributed by atoms with Gasteiger partial charge in [-0.2, -0.15) is 0 Å². The molecule has 0 atom stereocenters. The van der Waals surface area contributed by atoms with Gasteiger partial charge in [0.15, 0.2) is 0 Å². The summed E-state index contributed by atoms with van der Waals surface area (Å²) in [7, 11) is 14.2. The summed E-state index contributed by atoms with van der Waals surface area (Å²) in [6.45, 7) is 22.0. The average molecular weight is 1000 g/mol. The predicted molar refractivity (Wildman–Crippen MR) is 341 cm³/mol. The molecule has 0 saturated heterocycles. The largest absolute Gasteiger partial charge is 0.307 e. The van der Waals surface area contributed by atoms with Crippen LogP contribution in [-0.2, 0) is 0 Å². The highest BCUT2D eigenvalue weighted by molar-refractivity contribution is 6.22. The van der Waals surface area contributed by atoms with Crippen molar-refractivity contribution in [2.75, 3.05) is 62.7 Å². The molecule has 0 heterocycles. The van der Waals surface area contributed by atoms with Gasteiger partial charge in [-0.1, -0.05) is 288 Å². The summed E-state index contributed by atoms with van der Waals surface area (Å²) in [5.74, 6) is 0. The van der Waals surface area contributed by atoms with Gasteiger partial charge >= 0.3 is 0 Å². The summed E-state index contributed by atoms with van der Waals surface area (Å²) in [6.07, 6.45) is 0. The maximum Gasteiger partial charge on any atom is 0.0495 e. The van der Waals surface area contributed by atoms with Gasteiger partial charge in [-0.05, 0) is 137 Å². The Morgan fingerprint density at radius 1 is 0.240 bits per heavy atom. The second-order valence-electron chi connectivity index (χ2n) is 17.0. The third-order valence-corrected chi connectivity index (χ3v) is 11.2. The van der Waals surface area contributed by atoms with Crippen LogP contribution in [0.15, 0.2) is 218 Å². The van der Waals surface area contributed by atoms with Gasteiger partial charge in [0.05, 0.1) is 0 Å². The first-order valence-corrected chi connectivity index (χ1v) is 27.4. The standard InChI is InChI=1S/2C26H18.C5H14N2.C4H12N2.5C2H6/c2*1-3-11-19(12-4-1)25-21-15-7-9-17-23(21)26(20-13-5-2-6-14-20)24-18-10-8-16-22(24)25;1-6(2)5-7(3)4;1-5-4-6(2)3;5*1-2/h2*1-18H;5H2,1-4H3;5H,4H2,1-3H3;5*1-2H3. The van der Waals surface area contributed by atoms with Gasteiger partial charge in [-0.25, -0.2) is 0 Å². The number of rotatable bonds is 8. The Morgan fingerprint density at radius 2 is 0.400 bits per heavy atom. The van der Waals surface area contributed by atoms with E-state index in [0.29, 0.717) is 0 Å². The summed E-state index contributed by atoms with van der Waals surface area (Å²) in [4.78, 5) is 6.32. The molecule has 10 aromatic carbocycles. The van der Waals surface area contributed by atoms with Crippen LogP contribution in [0.3, 0.4) is 0 Å². The Kier molecular flexibility index (Phi) is 31.6. The zero-order chi connectivity index (χ0) is 55.5. The molecule has 0 bridgehead atoms. The normalized spacial score (nSPS) is 9.92. The van der Waals surface area contributed by atoms with Crippen molar-refractivity contribution in [2.24, 2.45) is 0 Å². The van der Waals surface area contributed by atoms with Gasteiger partial charge in [-0.15, -0.1) is 0 Å². The highest BCUT2D eigenvalue weighted by atomic mass is 15.2. The summed E-state index contributed by atoms with van der Waals surface area (Å²) in [5.41, 5.74) is 10.3. The van der Waals surface area contributed by atoms with Crippen LogP contribution >= 0.6 is 0 Å². The molecule has 10 aromatic rings. The number of benzene rings is 10. The van der Waals surface area contributed by atoms with Crippen molar-refractivity contribution < 1.29 is 0 Å². The molecule has 4 nitrogen and oxygen atoms in total. The molecular weight excluding hydrogens is 909 g/mol. The molecule has 0 saturated carbocycles. The fourth-order valence-electron chi connectivity index (χ4n) is 8.80. The quantitative estimate of drug-likeness (QED) is 0.121. The van der Waals surface area contributed by atoms with Crippen molar-refractivity contribution in [2.45, 2.75) is 69.2 Å². The molecule has 0 fully saturated rings. The first-order valence-electron chi connectivity index (χ1n) is 27.4. The average Bonchev–Trinajstić information content (AvgIpc) is 3.47. The number of hydrogen-bond acceptors (Lipinski definition) is 4. The predicted octanol–water partition coefficient (Wildman–Crippen LogP) is 19.6. The Balaban J connectivity index is 0.000000368. The zero-order valence-electron chi connectivity index (χ0n) is 49.0. The molecule has 0 aromatic heterocycles. The van der Waals surface area contributed by atoms with Gasteiger partial charge in [0.2, 0.25) is 0 Å². The molecule has 0 unspecified atom stereocenters. The smallest absolute Gasteiger partial charge is 0.0495 e. The van der Waals surface area contributed by atoms with Crippen molar-refractivity contribution >= 4 is 43.1 Å². The van der Waals surface area contributed by atoms with Crippen molar-refractivity contribution in [3.63, 3.8) is 0 Å². The molecule has 0 spiro atoms. The number of hydrogen-bond donors (Lipinski definition) is 1. The van der Waals surface area contributed by atoms with E-state index in [2.05, 4.69) is 267 Å². The third-order valence-electron chi connectivity index (χ3n) is 11.2. The van der Waals surface area contributed by atoms with Crippen LogP contribution < -0.4 is 5.32 Å². The Labute approximate surface area is 455 Å². The number of nitrogens with one attached hydrogen (secondary N) is 1. The molecule has 396 valence electrons. The Morgan fingerprint density at radius 3 is 0.507 bits per heavy atom. The van der Waals surface area contributed by atoms with Crippen LogP contribution in [0.1, 0.15) is 69.2 Å². The number of nitrogens with zero attached hydrogens (tertiary/aromatic N) is 3. The minimum absolute atomic E-state index is 0.958. The van der Waals surface area contributed by atoms with Gasteiger partial charge in [0, 0.05) is 13.3 Å². The van der Waals surface area contributed by atoms with Crippen LogP contribution in [0, 0.1) is 0 Å². The Hall–Kier alpha value is -6.92. The van der Waals surface area contributed by atoms with E-state index in [1.807, 2.05) is 90.4 Å². The maximum absolute atomic E-state index is 2.99. The molecule has 0 aliphatic rings. The van der Waals surface area contributed by atoms with E-state index in [-0.39, 0.29) is 0 Å². The summed E-state index contributed by atoms with van der Waals surface area (Å²) < 4.78 is 0. The van der Waals surface area contributed by atoms with Crippen molar-refractivity contribution in [3.05, 3.63) is 218 Å². The minimum atomic E-state index is 0.958. The van der Waals surface area contributed by atoms with Gasteiger partial charge in [0.1, 0.15) is 0 Å². The molecular formula is C71H92N4. The summed E-state index contributed by atoms with van der Waals surface area (Å²) in [6, 6.07) is 77.9.